The molecule has 4 rings (SSSR count). The Labute approximate surface area is 164 Å². The van der Waals surface area contributed by atoms with Gasteiger partial charge in [-0.2, -0.15) is 0 Å². The fourth-order valence-corrected chi connectivity index (χ4v) is 4.80. The van der Waals surface area contributed by atoms with Crippen LogP contribution in [0, 0.1) is 23.0 Å². The van der Waals surface area contributed by atoms with E-state index in [-0.39, 0.29) is 23.1 Å². The van der Waals surface area contributed by atoms with Crippen LogP contribution in [0.15, 0.2) is 30.4 Å². The molecule has 3 aliphatic rings. The van der Waals surface area contributed by atoms with Gasteiger partial charge in [-0.05, 0) is 49.8 Å². The summed E-state index contributed by atoms with van der Waals surface area (Å²) in [7, 11) is 0. The number of likely N-dealkylation sites (tertiary alicyclic amines) is 2. The van der Waals surface area contributed by atoms with Gasteiger partial charge in [-0.15, -0.1) is 0 Å². The van der Waals surface area contributed by atoms with E-state index in [1.807, 2.05) is 4.90 Å². The number of carbonyl (C=O) groups excluding carboxylic acids is 2. The minimum Gasteiger partial charge on any atom is -0.342 e. The Bertz CT molecular complexity index is 800. The Balaban J connectivity index is 1.35. The maximum atomic E-state index is 13.5. The van der Waals surface area contributed by atoms with Crippen LogP contribution in [-0.4, -0.2) is 41.2 Å². The topological polar surface area (TPSA) is 40.6 Å². The Hall–Kier alpha value is -2.24. The summed E-state index contributed by atoms with van der Waals surface area (Å²) in [6.45, 7) is 2.32. The average Bonchev–Trinajstić information content (AvgIpc) is 3.00. The Morgan fingerprint density at radius 2 is 1.93 bits per heavy atom. The maximum absolute atomic E-state index is 13.5. The smallest absolute Gasteiger partial charge is 0.226 e. The number of hydrogen-bond acceptors (Lipinski definition) is 2. The van der Waals surface area contributed by atoms with Crippen LogP contribution in [0.1, 0.15) is 44.1 Å². The Kier molecular flexibility index (Phi) is 5.21. The van der Waals surface area contributed by atoms with E-state index in [0.29, 0.717) is 38.2 Å². The summed E-state index contributed by atoms with van der Waals surface area (Å²) in [5, 5.41) is 0. The lowest BCUT2D eigenvalue weighted by Gasteiger charge is -2.40. The predicted molar refractivity (Wildman–Crippen MR) is 101 cm³/mol. The molecule has 2 saturated heterocycles. The first-order chi connectivity index (χ1) is 13.5. The van der Waals surface area contributed by atoms with E-state index >= 15 is 0 Å². The van der Waals surface area contributed by atoms with Gasteiger partial charge in [0.05, 0.1) is 0 Å². The molecule has 2 heterocycles. The van der Waals surface area contributed by atoms with Gasteiger partial charge >= 0.3 is 0 Å². The second kappa shape index (κ2) is 7.64. The summed E-state index contributed by atoms with van der Waals surface area (Å²) >= 11 is 0. The molecule has 0 radical (unpaired) electrons. The maximum Gasteiger partial charge on any atom is 0.226 e. The van der Waals surface area contributed by atoms with Gasteiger partial charge in [-0.3, -0.25) is 9.59 Å². The van der Waals surface area contributed by atoms with E-state index in [1.165, 1.54) is 6.07 Å². The SMILES string of the molecule is O=C1CC2(CCN(C(=O)[C@@H]3CC=CCC3)CC2)CN1Cc1ccc(F)c(F)c1. The van der Waals surface area contributed by atoms with E-state index in [2.05, 4.69) is 12.2 Å². The number of carbonyl (C=O) groups is 2. The second-order valence-corrected chi connectivity index (χ2v) is 8.48. The fraction of sp³-hybridized carbons (Fsp3) is 0.545. The third-order valence-corrected chi connectivity index (χ3v) is 6.52. The molecule has 0 N–H and O–H groups in total. The summed E-state index contributed by atoms with van der Waals surface area (Å²) in [4.78, 5) is 29.0. The lowest BCUT2D eigenvalue weighted by atomic mass is 9.77. The molecule has 0 aromatic heterocycles. The number of hydrogen-bond donors (Lipinski definition) is 0. The van der Waals surface area contributed by atoms with E-state index in [4.69, 9.17) is 0 Å². The summed E-state index contributed by atoms with van der Waals surface area (Å²) in [6, 6.07) is 3.79. The summed E-state index contributed by atoms with van der Waals surface area (Å²) in [6.07, 6.45) is 9.09. The molecule has 0 bridgehead atoms. The van der Waals surface area contributed by atoms with Gasteiger partial charge < -0.3 is 9.80 Å². The molecule has 0 saturated carbocycles. The van der Waals surface area contributed by atoms with Gasteiger partial charge in [0.2, 0.25) is 11.8 Å². The minimum absolute atomic E-state index is 0.0573. The van der Waals surface area contributed by atoms with Crippen LogP contribution in [-0.2, 0) is 16.1 Å². The molecule has 28 heavy (non-hydrogen) atoms. The molecule has 4 nitrogen and oxygen atoms in total. The van der Waals surface area contributed by atoms with Crippen LogP contribution >= 0.6 is 0 Å². The first-order valence-corrected chi connectivity index (χ1v) is 10.1. The van der Waals surface area contributed by atoms with Crippen molar-refractivity contribution in [1.29, 1.82) is 0 Å². The summed E-state index contributed by atoms with van der Waals surface area (Å²) in [5.74, 6) is -1.35. The number of benzene rings is 1. The zero-order valence-electron chi connectivity index (χ0n) is 16.0. The highest BCUT2D eigenvalue weighted by molar-refractivity contribution is 5.81. The Morgan fingerprint density at radius 1 is 1.14 bits per heavy atom. The molecule has 2 aliphatic heterocycles. The molecular formula is C22H26F2N2O2. The van der Waals surface area contributed by atoms with Crippen molar-refractivity contribution >= 4 is 11.8 Å². The van der Waals surface area contributed by atoms with Crippen LogP contribution < -0.4 is 0 Å². The van der Waals surface area contributed by atoms with Gasteiger partial charge in [0.25, 0.3) is 0 Å². The zero-order valence-corrected chi connectivity index (χ0v) is 16.0. The van der Waals surface area contributed by atoms with Crippen molar-refractivity contribution in [2.45, 2.75) is 45.1 Å². The second-order valence-electron chi connectivity index (χ2n) is 8.48. The summed E-state index contributed by atoms with van der Waals surface area (Å²) < 4.78 is 26.6. The lowest BCUT2D eigenvalue weighted by molar-refractivity contribution is -0.138. The van der Waals surface area contributed by atoms with Gasteiger partial charge in [0.15, 0.2) is 11.6 Å². The van der Waals surface area contributed by atoms with Crippen molar-refractivity contribution in [3.63, 3.8) is 0 Å². The average molecular weight is 388 g/mol. The molecule has 1 aliphatic carbocycles. The molecular weight excluding hydrogens is 362 g/mol. The third kappa shape index (κ3) is 3.82. The molecule has 2 amide bonds. The van der Waals surface area contributed by atoms with Gasteiger partial charge in [-0.1, -0.05) is 18.2 Å². The number of rotatable bonds is 3. The molecule has 1 atom stereocenters. The highest BCUT2D eigenvalue weighted by Gasteiger charge is 2.45. The van der Waals surface area contributed by atoms with Gasteiger partial charge in [0.1, 0.15) is 0 Å². The minimum atomic E-state index is -0.886. The first-order valence-electron chi connectivity index (χ1n) is 10.1. The quantitative estimate of drug-likeness (QED) is 0.742. The molecule has 2 fully saturated rings. The molecule has 1 aromatic rings. The van der Waals surface area contributed by atoms with E-state index < -0.39 is 11.6 Å². The van der Waals surface area contributed by atoms with Crippen molar-refractivity contribution in [3.05, 3.63) is 47.5 Å². The molecule has 0 unspecified atom stereocenters. The van der Waals surface area contributed by atoms with Crippen LogP contribution in [0.2, 0.25) is 0 Å². The number of piperidine rings is 1. The van der Waals surface area contributed by atoms with Crippen LogP contribution in [0.4, 0.5) is 8.78 Å². The van der Waals surface area contributed by atoms with Crippen molar-refractivity contribution in [2.24, 2.45) is 11.3 Å². The van der Waals surface area contributed by atoms with E-state index in [9.17, 15) is 18.4 Å². The van der Waals surface area contributed by atoms with Crippen LogP contribution in [0.25, 0.3) is 0 Å². The largest absolute Gasteiger partial charge is 0.342 e. The monoisotopic (exact) mass is 388 g/mol. The third-order valence-electron chi connectivity index (χ3n) is 6.52. The van der Waals surface area contributed by atoms with Gasteiger partial charge in [0, 0.05) is 43.9 Å². The van der Waals surface area contributed by atoms with E-state index in [1.54, 1.807) is 4.90 Å². The van der Waals surface area contributed by atoms with Gasteiger partial charge in [-0.25, -0.2) is 8.78 Å². The first kappa shape index (κ1) is 19.1. The van der Waals surface area contributed by atoms with Crippen LogP contribution in [0.3, 0.4) is 0 Å². The molecule has 1 spiro atoms. The van der Waals surface area contributed by atoms with Crippen molar-refractivity contribution in [1.82, 2.24) is 9.80 Å². The fourth-order valence-electron chi connectivity index (χ4n) is 4.80. The lowest BCUT2D eigenvalue weighted by Crippen LogP contribution is -2.46. The highest BCUT2D eigenvalue weighted by atomic mass is 19.2. The normalized spacial score (nSPS) is 24.2. The molecule has 1 aromatic carbocycles. The van der Waals surface area contributed by atoms with E-state index in [0.717, 1.165) is 44.2 Å². The molecule has 150 valence electrons. The van der Waals surface area contributed by atoms with Crippen LogP contribution in [0.5, 0.6) is 0 Å². The van der Waals surface area contributed by atoms with Crippen molar-refractivity contribution in [2.75, 3.05) is 19.6 Å². The zero-order chi connectivity index (χ0) is 19.7. The standard InChI is InChI=1S/C22H26F2N2O2/c23-18-7-6-16(12-19(18)24)14-26-15-22(13-20(26)27)8-10-25(11-9-22)21(28)17-4-2-1-3-5-17/h1-2,6-7,12,17H,3-5,8-11,13-15H2/t17-/m1/s1. The van der Waals surface area contributed by atoms with Crippen molar-refractivity contribution < 1.29 is 18.4 Å². The number of nitrogens with zero attached hydrogens (tertiary/aromatic N) is 2. The highest BCUT2D eigenvalue weighted by Crippen LogP contribution is 2.42. The predicted octanol–water partition coefficient (Wildman–Crippen LogP) is 3.66. The molecule has 6 heteroatoms. The number of amides is 2. The number of allylic oxidation sites excluding steroid dienone is 2. The Morgan fingerprint density at radius 3 is 2.61 bits per heavy atom. The van der Waals surface area contributed by atoms with Crippen molar-refractivity contribution in [3.8, 4) is 0 Å². The number of halogens is 2. The summed E-state index contributed by atoms with van der Waals surface area (Å²) in [5.41, 5.74) is 0.501.